The molecule has 1 atom stereocenters. The second-order valence-electron chi connectivity index (χ2n) is 7.82. The number of carboxylic acid groups (broad SMARTS) is 1. The van der Waals surface area contributed by atoms with E-state index in [2.05, 4.69) is 10.3 Å². The molecule has 0 fully saturated rings. The molecule has 8 nitrogen and oxygen atoms in total. The molecule has 1 aromatic heterocycles. The van der Waals surface area contributed by atoms with Crippen LogP contribution >= 0.6 is 11.3 Å². The molecule has 35 heavy (non-hydrogen) atoms. The lowest BCUT2D eigenvalue weighted by Crippen LogP contribution is -2.41. The van der Waals surface area contributed by atoms with E-state index in [9.17, 15) is 23.2 Å². The highest BCUT2D eigenvalue weighted by Crippen LogP contribution is 2.44. The van der Waals surface area contributed by atoms with E-state index in [1.54, 1.807) is 0 Å². The third-order valence-electron chi connectivity index (χ3n) is 5.53. The topological polar surface area (TPSA) is 118 Å². The number of nitrogens with one attached hydrogen (secondary N) is 2. The average molecular weight is 502 g/mol. The summed E-state index contributed by atoms with van der Waals surface area (Å²) in [6.07, 6.45) is -4.61. The Hall–Kier alpha value is -3.86. The summed E-state index contributed by atoms with van der Waals surface area (Å²) < 4.78 is 31.3. The SMILES string of the molecule is O=C(O)CC(NC(=O)c1csc(CNC(=O)OCC2c3ccccc3-c3ccccc32)n1)C(F)F. The molecule has 0 bridgehead atoms. The Bertz CT molecular complexity index is 1200. The van der Waals surface area contributed by atoms with E-state index in [1.807, 2.05) is 53.8 Å². The molecule has 2 aromatic carbocycles. The minimum atomic E-state index is -3.04. The van der Waals surface area contributed by atoms with E-state index in [0.717, 1.165) is 33.6 Å². The molecule has 182 valence electrons. The van der Waals surface area contributed by atoms with Gasteiger partial charge < -0.3 is 20.5 Å². The Kier molecular flexibility index (Phi) is 7.35. The number of aliphatic carboxylic acids is 1. The third-order valence-corrected chi connectivity index (χ3v) is 6.38. The predicted octanol–water partition coefficient (Wildman–Crippen LogP) is 4.02. The maximum atomic E-state index is 12.9. The number of hydrogen-bond donors (Lipinski definition) is 3. The largest absolute Gasteiger partial charge is 0.481 e. The molecule has 1 aliphatic carbocycles. The fraction of sp³-hybridized carbons (Fsp3) is 0.250. The number of carbonyl (C=O) groups excluding carboxylic acids is 2. The van der Waals surface area contributed by atoms with Gasteiger partial charge in [0.25, 0.3) is 12.3 Å². The van der Waals surface area contributed by atoms with Crippen molar-refractivity contribution in [2.75, 3.05) is 6.61 Å². The highest BCUT2D eigenvalue weighted by Gasteiger charge is 2.29. The number of fused-ring (bicyclic) bond motifs is 3. The smallest absolute Gasteiger partial charge is 0.407 e. The molecular weight excluding hydrogens is 480 g/mol. The second kappa shape index (κ2) is 10.6. The van der Waals surface area contributed by atoms with Crippen LogP contribution in [0.1, 0.15) is 39.0 Å². The van der Waals surface area contributed by atoms with Crippen molar-refractivity contribution in [3.05, 3.63) is 75.7 Å². The van der Waals surface area contributed by atoms with Crippen LogP contribution < -0.4 is 10.6 Å². The summed E-state index contributed by atoms with van der Waals surface area (Å²) in [5.41, 5.74) is 4.26. The number of halogens is 2. The second-order valence-corrected chi connectivity index (χ2v) is 8.76. The number of nitrogens with zero attached hydrogens (tertiary/aromatic N) is 1. The highest BCUT2D eigenvalue weighted by molar-refractivity contribution is 7.09. The Morgan fingerprint density at radius 1 is 1.06 bits per heavy atom. The molecule has 2 amide bonds. The van der Waals surface area contributed by atoms with E-state index >= 15 is 0 Å². The van der Waals surface area contributed by atoms with Gasteiger partial charge in [0, 0.05) is 11.3 Å². The van der Waals surface area contributed by atoms with E-state index in [4.69, 9.17) is 9.84 Å². The summed E-state index contributed by atoms with van der Waals surface area (Å²) in [6.45, 7) is 0.117. The first kappa shape index (κ1) is 24.3. The van der Waals surface area contributed by atoms with Gasteiger partial charge in [0.05, 0.1) is 13.0 Å². The quantitative estimate of drug-likeness (QED) is 0.408. The van der Waals surface area contributed by atoms with Gasteiger partial charge in [-0.05, 0) is 22.3 Å². The zero-order valence-electron chi connectivity index (χ0n) is 18.2. The van der Waals surface area contributed by atoms with Crippen LogP contribution in [0.2, 0.25) is 0 Å². The number of thiazole rings is 1. The molecule has 11 heteroatoms. The van der Waals surface area contributed by atoms with Crippen molar-refractivity contribution in [2.24, 2.45) is 0 Å². The fourth-order valence-corrected chi connectivity index (χ4v) is 4.64. The zero-order chi connectivity index (χ0) is 24.9. The van der Waals surface area contributed by atoms with Crippen molar-refractivity contribution in [3.63, 3.8) is 0 Å². The Morgan fingerprint density at radius 3 is 2.29 bits per heavy atom. The zero-order valence-corrected chi connectivity index (χ0v) is 19.1. The molecule has 1 unspecified atom stereocenters. The van der Waals surface area contributed by atoms with Gasteiger partial charge in [-0.2, -0.15) is 0 Å². The number of aromatic nitrogens is 1. The number of alkyl halides is 2. The molecule has 1 heterocycles. The van der Waals surface area contributed by atoms with Gasteiger partial charge in [-0.1, -0.05) is 48.5 Å². The summed E-state index contributed by atoms with van der Waals surface area (Å²) in [6, 6.07) is 14.1. The van der Waals surface area contributed by atoms with Gasteiger partial charge in [0.15, 0.2) is 0 Å². The van der Waals surface area contributed by atoms with Gasteiger partial charge in [0.1, 0.15) is 23.4 Å². The van der Waals surface area contributed by atoms with Crippen molar-refractivity contribution in [3.8, 4) is 11.1 Å². The summed E-state index contributed by atoms with van der Waals surface area (Å²) in [5.74, 6) is -2.46. The monoisotopic (exact) mass is 501 g/mol. The number of amides is 2. The first-order chi connectivity index (χ1) is 16.8. The highest BCUT2D eigenvalue weighted by atomic mass is 32.1. The van der Waals surface area contributed by atoms with Crippen LogP contribution in [0.25, 0.3) is 11.1 Å². The van der Waals surface area contributed by atoms with Crippen molar-refractivity contribution < 1.29 is 33.0 Å². The maximum Gasteiger partial charge on any atom is 0.407 e. The van der Waals surface area contributed by atoms with Gasteiger partial charge in [-0.25, -0.2) is 18.6 Å². The van der Waals surface area contributed by atoms with E-state index in [1.165, 1.54) is 5.38 Å². The first-order valence-corrected chi connectivity index (χ1v) is 11.6. The third kappa shape index (κ3) is 5.62. The van der Waals surface area contributed by atoms with Crippen LogP contribution in [0.3, 0.4) is 0 Å². The van der Waals surface area contributed by atoms with Gasteiger partial charge >= 0.3 is 12.1 Å². The fourth-order valence-electron chi connectivity index (χ4n) is 3.93. The summed E-state index contributed by atoms with van der Waals surface area (Å²) in [4.78, 5) is 39.1. The van der Waals surface area contributed by atoms with Crippen LogP contribution in [-0.4, -0.2) is 47.1 Å². The molecule has 3 aromatic rings. The lowest BCUT2D eigenvalue weighted by molar-refractivity contribution is -0.138. The molecule has 0 aliphatic heterocycles. The van der Waals surface area contributed by atoms with Crippen molar-refractivity contribution >= 4 is 29.3 Å². The Labute approximate surface area is 203 Å². The van der Waals surface area contributed by atoms with E-state index in [0.29, 0.717) is 5.01 Å². The minimum absolute atomic E-state index is 0.0258. The number of carboxylic acids is 1. The lowest BCUT2D eigenvalue weighted by atomic mass is 9.98. The Morgan fingerprint density at radius 2 is 1.69 bits per heavy atom. The number of alkyl carbamates (subject to hydrolysis) is 1. The maximum absolute atomic E-state index is 12.9. The molecule has 0 saturated carbocycles. The number of rotatable bonds is 9. The van der Waals surface area contributed by atoms with Crippen molar-refractivity contribution in [1.29, 1.82) is 0 Å². The van der Waals surface area contributed by atoms with Crippen LogP contribution in [-0.2, 0) is 16.1 Å². The molecule has 0 spiro atoms. The molecule has 0 radical (unpaired) electrons. The normalized spacial score (nSPS) is 13.1. The minimum Gasteiger partial charge on any atom is -0.481 e. The van der Waals surface area contributed by atoms with Crippen molar-refractivity contribution in [2.45, 2.75) is 31.4 Å². The molecule has 3 N–H and O–H groups in total. The molecule has 0 saturated heterocycles. The van der Waals surface area contributed by atoms with Crippen LogP contribution in [0.5, 0.6) is 0 Å². The number of ether oxygens (including phenoxy) is 1. The van der Waals surface area contributed by atoms with Crippen LogP contribution in [0, 0.1) is 0 Å². The summed E-state index contributed by atoms with van der Waals surface area (Å²) in [7, 11) is 0. The Balaban J connectivity index is 1.30. The van der Waals surface area contributed by atoms with Gasteiger partial charge in [-0.15, -0.1) is 11.3 Å². The van der Waals surface area contributed by atoms with Crippen LogP contribution in [0.4, 0.5) is 13.6 Å². The number of benzene rings is 2. The summed E-state index contributed by atoms with van der Waals surface area (Å²) in [5, 5.41) is 14.9. The predicted molar refractivity (Wildman–Crippen MR) is 124 cm³/mol. The average Bonchev–Trinajstić information content (AvgIpc) is 3.44. The van der Waals surface area contributed by atoms with Gasteiger partial charge in [-0.3, -0.25) is 9.59 Å². The first-order valence-electron chi connectivity index (χ1n) is 10.7. The summed E-state index contributed by atoms with van der Waals surface area (Å²) >= 11 is 1.05. The van der Waals surface area contributed by atoms with Crippen molar-refractivity contribution in [1.82, 2.24) is 15.6 Å². The molecule has 1 aliphatic rings. The lowest BCUT2D eigenvalue weighted by Gasteiger charge is -2.15. The van der Waals surface area contributed by atoms with Crippen LogP contribution in [0.15, 0.2) is 53.9 Å². The van der Waals surface area contributed by atoms with E-state index in [-0.39, 0.29) is 24.8 Å². The number of hydrogen-bond acceptors (Lipinski definition) is 6. The number of carbonyl (C=O) groups is 3. The van der Waals surface area contributed by atoms with Gasteiger partial charge in [0.2, 0.25) is 0 Å². The van der Waals surface area contributed by atoms with E-state index < -0.39 is 36.9 Å². The standard InChI is InChI=1S/C24H21F2N3O5S/c25-22(26)18(9-21(30)31)29-23(32)19-12-35-20(28-19)10-27-24(33)34-11-17-15-7-3-1-5-13(15)14-6-2-4-8-16(14)17/h1-8,12,17-18,22H,9-11H2,(H,27,33)(H,29,32)(H,30,31). The molecule has 4 rings (SSSR count). The molecular formula is C24H21F2N3O5S.